The Morgan fingerprint density at radius 3 is 3.08 bits per heavy atom. The van der Waals surface area contributed by atoms with E-state index < -0.39 is 0 Å². The van der Waals surface area contributed by atoms with Crippen molar-refractivity contribution < 1.29 is 4.74 Å². The first kappa shape index (κ1) is 11.3. The maximum atomic E-state index is 5.74. The molecule has 0 aromatic carbocycles. The van der Waals surface area contributed by atoms with Crippen molar-refractivity contribution >= 4 is 11.6 Å². The summed E-state index contributed by atoms with van der Waals surface area (Å²) in [6.07, 6.45) is 3.85. The van der Waals surface area contributed by atoms with Crippen LogP contribution in [0.15, 0.2) is 0 Å². The van der Waals surface area contributed by atoms with Crippen LogP contribution in [-0.2, 0) is 4.74 Å². The van der Waals surface area contributed by atoms with E-state index in [0.717, 1.165) is 24.9 Å². The van der Waals surface area contributed by atoms with Gasteiger partial charge in [-0.05, 0) is 31.7 Å². The minimum Gasteiger partial charge on any atom is -0.383 e. The summed E-state index contributed by atoms with van der Waals surface area (Å²) in [5.41, 5.74) is 0. The summed E-state index contributed by atoms with van der Waals surface area (Å²) < 4.78 is 5.07. The third-order valence-corrected chi connectivity index (χ3v) is 2.95. The molecule has 1 aliphatic rings. The maximum absolute atomic E-state index is 5.74. The van der Waals surface area contributed by atoms with Crippen molar-refractivity contribution in [3.05, 3.63) is 0 Å². The highest BCUT2D eigenvalue weighted by Gasteiger charge is 2.18. The minimum absolute atomic E-state index is 0.808. The summed E-state index contributed by atoms with van der Waals surface area (Å²) in [6.45, 7) is 4.39. The lowest BCUT2D eigenvalue weighted by atomic mass is 9.96. The van der Waals surface area contributed by atoms with Crippen molar-refractivity contribution in [2.24, 2.45) is 5.92 Å². The highest BCUT2D eigenvalue weighted by atomic mass is 35.5. The number of hydrogen-bond acceptors (Lipinski definition) is 2. The number of alkyl halides is 1. The van der Waals surface area contributed by atoms with Gasteiger partial charge in [0, 0.05) is 26.1 Å². The summed E-state index contributed by atoms with van der Waals surface area (Å²) in [5, 5.41) is 0. The van der Waals surface area contributed by atoms with Gasteiger partial charge in [-0.15, -0.1) is 11.6 Å². The summed E-state index contributed by atoms with van der Waals surface area (Å²) in [7, 11) is 1.76. The lowest BCUT2D eigenvalue weighted by Gasteiger charge is -2.32. The van der Waals surface area contributed by atoms with Crippen LogP contribution in [-0.4, -0.2) is 44.1 Å². The first-order chi connectivity index (χ1) is 6.36. The van der Waals surface area contributed by atoms with Crippen LogP contribution in [0.2, 0.25) is 0 Å². The number of halogens is 1. The minimum atomic E-state index is 0.808. The fraction of sp³-hybridized carbons (Fsp3) is 1.00. The Morgan fingerprint density at radius 2 is 2.38 bits per heavy atom. The number of rotatable bonds is 5. The number of nitrogens with zero attached hydrogens (tertiary/aromatic N) is 1. The van der Waals surface area contributed by atoms with Gasteiger partial charge >= 0.3 is 0 Å². The molecule has 1 saturated heterocycles. The third-order valence-electron chi connectivity index (χ3n) is 2.73. The zero-order valence-corrected chi connectivity index (χ0v) is 9.22. The molecule has 0 spiro atoms. The molecule has 1 unspecified atom stereocenters. The van der Waals surface area contributed by atoms with Crippen LogP contribution in [0.25, 0.3) is 0 Å². The fourth-order valence-electron chi connectivity index (χ4n) is 1.96. The molecule has 0 radical (unpaired) electrons. The summed E-state index contributed by atoms with van der Waals surface area (Å²) >= 11 is 5.74. The molecule has 13 heavy (non-hydrogen) atoms. The molecule has 1 fully saturated rings. The topological polar surface area (TPSA) is 12.5 Å². The Labute approximate surface area is 86.2 Å². The first-order valence-corrected chi connectivity index (χ1v) is 5.67. The molecule has 2 nitrogen and oxygen atoms in total. The monoisotopic (exact) mass is 205 g/mol. The Balaban J connectivity index is 2.16. The number of likely N-dealkylation sites (tertiary alicyclic amines) is 1. The van der Waals surface area contributed by atoms with Crippen molar-refractivity contribution in [1.82, 2.24) is 4.90 Å². The molecule has 1 aliphatic heterocycles. The highest BCUT2D eigenvalue weighted by Crippen LogP contribution is 2.19. The van der Waals surface area contributed by atoms with Crippen LogP contribution in [0.1, 0.15) is 19.3 Å². The Morgan fingerprint density at radius 1 is 1.54 bits per heavy atom. The van der Waals surface area contributed by atoms with Crippen LogP contribution < -0.4 is 0 Å². The Hall–Kier alpha value is 0.210. The van der Waals surface area contributed by atoms with Crippen LogP contribution in [0.3, 0.4) is 0 Å². The zero-order valence-electron chi connectivity index (χ0n) is 8.47. The van der Waals surface area contributed by atoms with Gasteiger partial charge in [-0.1, -0.05) is 0 Å². The van der Waals surface area contributed by atoms with E-state index >= 15 is 0 Å². The number of ether oxygens (including phenoxy) is 1. The average Bonchev–Trinajstić information content (AvgIpc) is 2.16. The molecular weight excluding hydrogens is 186 g/mol. The van der Waals surface area contributed by atoms with Crippen LogP contribution in [0.5, 0.6) is 0 Å². The molecule has 0 amide bonds. The van der Waals surface area contributed by atoms with Crippen molar-refractivity contribution in [3.63, 3.8) is 0 Å². The van der Waals surface area contributed by atoms with Gasteiger partial charge in [-0.2, -0.15) is 0 Å². The molecule has 0 N–H and O–H groups in total. The summed E-state index contributed by atoms with van der Waals surface area (Å²) in [4.78, 5) is 2.49. The van der Waals surface area contributed by atoms with E-state index in [2.05, 4.69) is 4.90 Å². The normalized spacial score (nSPS) is 24.9. The molecule has 1 atom stereocenters. The largest absolute Gasteiger partial charge is 0.383 e. The SMILES string of the molecule is COCCN1CCCC(CCCl)C1. The van der Waals surface area contributed by atoms with Gasteiger partial charge in [-0.25, -0.2) is 0 Å². The van der Waals surface area contributed by atoms with Crippen molar-refractivity contribution in [1.29, 1.82) is 0 Å². The predicted octanol–water partition coefficient (Wildman–Crippen LogP) is 1.97. The molecule has 0 aliphatic carbocycles. The van der Waals surface area contributed by atoms with Gasteiger partial charge in [0.2, 0.25) is 0 Å². The van der Waals surface area contributed by atoms with E-state index in [4.69, 9.17) is 16.3 Å². The van der Waals surface area contributed by atoms with E-state index in [1.807, 2.05) is 0 Å². The van der Waals surface area contributed by atoms with E-state index in [9.17, 15) is 0 Å². The average molecular weight is 206 g/mol. The second-order valence-electron chi connectivity index (χ2n) is 3.78. The van der Waals surface area contributed by atoms with Crippen molar-refractivity contribution in [3.8, 4) is 0 Å². The van der Waals surface area contributed by atoms with Gasteiger partial charge in [-0.3, -0.25) is 0 Å². The molecule has 0 bridgehead atoms. The van der Waals surface area contributed by atoms with Crippen LogP contribution in [0, 0.1) is 5.92 Å². The fourth-order valence-corrected chi connectivity index (χ4v) is 2.27. The quantitative estimate of drug-likeness (QED) is 0.637. The summed E-state index contributed by atoms with van der Waals surface area (Å²) in [5.74, 6) is 1.63. The van der Waals surface area contributed by atoms with E-state index in [1.54, 1.807) is 7.11 Å². The molecule has 0 aromatic heterocycles. The van der Waals surface area contributed by atoms with Crippen LogP contribution in [0.4, 0.5) is 0 Å². The number of methoxy groups -OCH3 is 1. The van der Waals surface area contributed by atoms with Crippen molar-refractivity contribution in [2.75, 3.05) is 39.2 Å². The molecule has 3 heteroatoms. The maximum Gasteiger partial charge on any atom is 0.0589 e. The lowest BCUT2D eigenvalue weighted by molar-refractivity contribution is 0.114. The summed E-state index contributed by atoms with van der Waals surface area (Å²) in [6, 6.07) is 0. The Kier molecular flexibility index (Phi) is 5.76. The molecule has 1 rings (SSSR count). The number of piperidine rings is 1. The van der Waals surface area contributed by atoms with E-state index in [1.165, 1.54) is 32.4 Å². The third kappa shape index (κ3) is 4.30. The molecule has 1 heterocycles. The zero-order chi connectivity index (χ0) is 9.52. The molecular formula is C10H20ClNO. The lowest BCUT2D eigenvalue weighted by Crippen LogP contribution is -2.37. The smallest absolute Gasteiger partial charge is 0.0589 e. The standard InChI is InChI=1S/C10H20ClNO/c1-13-8-7-12-6-2-3-10(9-12)4-5-11/h10H,2-9H2,1H3. The van der Waals surface area contributed by atoms with Crippen molar-refractivity contribution in [2.45, 2.75) is 19.3 Å². The van der Waals surface area contributed by atoms with Gasteiger partial charge in [0.05, 0.1) is 6.61 Å². The molecule has 78 valence electrons. The Bertz CT molecular complexity index is 130. The second kappa shape index (κ2) is 6.63. The van der Waals surface area contributed by atoms with Crippen LogP contribution >= 0.6 is 11.6 Å². The van der Waals surface area contributed by atoms with Gasteiger partial charge in [0.15, 0.2) is 0 Å². The van der Waals surface area contributed by atoms with Gasteiger partial charge in [0.25, 0.3) is 0 Å². The van der Waals surface area contributed by atoms with E-state index in [-0.39, 0.29) is 0 Å². The number of hydrogen-bond donors (Lipinski definition) is 0. The molecule has 0 aromatic rings. The predicted molar refractivity (Wildman–Crippen MR) is 56.4 cm³/mol. The van der Waals surface area contributed by atoms with Gasteiger partial charge in [0.1, 0.15) is 0 Å². The van der Waals surface area contributed by atoms with E-state index in [0.29, 0.717) is 0 Å². The first-order valence-electron chi connectivity index (χ1n) is 5.14. The second-order valence-corrected chi connectivity index (χ2v) is 4.16. The highest BCUT2D eigenvalue weighted by molar-refractivity contribution is 6.17. The molecule has 0 saturated carbocycles. The van der Waals surface area contributed by atoms with Gasteiger partial charge < -0.3 is 9.64 Å².